The summed E-state index contributed by atoms with van der Waals surface area (Å²) in [7, 11) is 1.52. The normalized spacial score (nSPS) is 10.2. The maximum absolute atomic E-state index is 12.8. The van der Waals surface area contributed by atoms with Crippen molar-refractivity contribution in [2.75, 3.05) is 19.1 Å². The Morgan fingerprint density at radius 2 is 2.00 bits per heavy atom. The van der Waals surface area contributed by atoms with E-state index in [1.54, 1.807) is 36.5 Å². The molecule has 0 aliphatic heterocycles. The fourth-order valence-corrected chi connectivity index (χ4v) is 1.70. The van der Waals surface area contributed by atoms with Crippen LogP contribution >= 0.6 is 0 Å². The summed E-state index contributed by atoms with van der Waals surface area (Å²) in [5, 5.41) is 12.6. The fourth-order valence-electron chi connectivity index (χ4n) is 1.70. The van der Waals surface area contributed by atoms with Gasteiger partial charge in [-0.05, 0) is 48.0 Å². The smallest absolute Gasteiger partial charge is 0.174 e. The van der Waals surface area contributed by atoms with Crippen LogP contribution in [0.4, 0.5) is 10.1 Å². The number of halogens is 1. The highest BCUT2D eigenvalue weighted by molar-refractivity contribution is 5.81. The summed E-state index contributed by atoms with van der Waals surface area (Å²) < 4.78 is 23.2. The van der Waals surface area contributed by atoms with Gasteiger partial charge in [-0.1, -0.05) is 0 Å². The van der Waals surface area contributed by atoms with E-state index in [0.717, 1.165) is 5.56 Å². The zero-order chi connectivity index (χ0) is 15.8. The van der Waals surface area contributed by atoms with Crippen LogP contribution in [0.3, 0.4) is 0 Å². The van der Waals surface area contributed by atoms with E-state index in [1.807, 2.05) is 6.07 Å². The van der Waals surface area contributed by atoms with Crippen LogP contribution < -0.4 is 14.9 Å². The lowest BCUT2D eigenvalue weighted by Crippen LogP contribution is -1.98. The molecule has 0 fully saturated rings. The summed E-state index contributed by atoms with van der Waals surface area (Å²) in [5.74, 6) is 0.709. The van der Waals surface area contributed by atoms with Gasteiger partial charge in [0.25, 0.3) is 0 Å². The third kappa shape index (κ3) is 4.21. The van der Waals surface area contributed by atoms with E-state index in [0.29, 0.717) is 17.2 Å². The van der Waals surface area contributed by atoms with Gasteiger partial charge in [0.2, 0.25) is 0 Å². The summed E-state index contributed by atoms with van der Waals surface area (Å²) in [6.07, 6.45) is 1.60. The number of nitrogens with one attached hydrogen (secondary N) is 1. The molecule has 0 bridgehead atoms. The summed E-state index contributed by atoms with van der Waals surface area (Å²) in [5.41, 5.74) is 4.26. The largest absolute Gasteiger partial charge is 0.493 e. The average molecular weight is 299 g/mol. The van der Waals surface area contributed by atoms with Crippen molar-refractivity contribution in [1.29, 1.82) is 5.26 Å². The highest BCUT2D eigenvalue weighted by atomic mass is 19.1. The van der Waals surface area contributed by atoms with Crippen molar-refractivity contribution >= 4 is 11.9 Å². The summed E-state index contributed by atoms with van der Waals surface area (Å²) in [4.78, 5) is 0. The number of nitriles is 1. The van der Waals surface area contributed by atoms with E-state index in [4.69, 9.17) is 14.7 Å². The lowest BCUT2D eigenvalue weighted by atomic mass is 10.2. The maximum atomic E-state index is 12.8. The lowest BCUT2D eigenvalue weighted by molar-refractivity contribution is 0.329. The molecule has 0 unspecified atom stereocenters. The Morgan fingerprint density at radius 1 is 1.23 bits per heavy atom. The molecule has 0 atom stereocenters. The first-order valence-electron chi connectivity index (χ1n) is 6.45. The zero-order valence-electron chi connectivity index (χ0n) is 11.9. The molecule has 5 nitrogen and oxygen atoms in total. The molecule has 6 heteroatoms. The third-order valence-corrected chi connectivity index (χ3v) is 2.73. The number of hydrogen-bond donors (Lipinski definition) is 1. The van der Waals surface area contributed by atoms with Crippen LogP contribution in [0.1, 0.15) is 5.56 Å². The van der Waals surface area contributed by atoms with Gasteiger partial charge in [-0.15, -0.1) is 0 Å². The predicted octanol–water partition coefficient (Wildman–Crippen LogP) is 3.18. The maximum Gasteiger partial charge on any atom is 0.174 e. The molecule has 0 heterocycles. The number of hydrogen-bond acceptors (Lipinski definition) is 5. The van der Waals surface area contributed by atoms with Gasteiger partial charge in [-0.25, -0.2) is 4.39 Å². The molecule has 0 saturated heterocycles. The molecule has 2 aromatic rings. The van der Waals surface area contributed by atoms with E-state index in [9.17, 15) is 4.39 Å². The number of benzene rings is 2. The molecule has 0 aliphatic rings. The van der Waals surface area contributed by atoms with Crippen LogP contribution in [0.15, 0.2) is 47.6 Å². The van der Waals surface area contributed by atoms with Crippen LogP contribution in [0, 0.1) is 17.1 Å². The van der Waals surface area contributed by atoms with Crippen LogP contribution in [0.2, 0.25) is 0 Å². The predicted molar refractivity (Wildman–Crippen MR) is 81.7 cm³/mol. The van der Waals surface area contributed by atoms with E-state index in [-0.39, 0.29) is 12.4 Å². The van der Waals surface area contributed by atoms with Crippen LogP contribution in [0.25, 0.3) is 0 Å². The van der Waals surface area contributed by atoms with Gasteiger partial charge in [0.05, 0.1) is 19.0 Å². The quantitative estimate of drug-likeness (QED) is 0.657. The molecule has 22 heavy (non-hydrogen) atoms. The molecule has 0 amide bonds. The molecule has 1 N–H and O–H groups in total. The van der Waals surface area contributed by atoms with Crippen molar-refractivity contribution in [2.45, 2.75) is 0 Å². The Balaban J connectivity index is 2.04. The van der Waals surface area contributed by atoms with E-state index in [2.05, 4.69) is 10.5 Å². The Morgan fingerprint density at radius 3 is 2.68 bits per heavy atom. The van der Waals surface area contributed by atoms with E-state index >= 15 is 0 Å². The minimum atomic E-state index is -0.299. The first-order valence-corrected chi connectivity index (χ1v) is 6.45. The van der Waals surface area contributed by atoms with Gasteiger partial charge < -0.3 is 9.47 Å². The Hall–Kier alpha value is -3.07. The molecule has 2 aromatic carbocycles. The number of rotatable bonds is 6. The van der Waals surface area contributed by atoms with Gasteiger partial charge in [0, 0.05) is 0 Å². The summed E-state index contributed by atoms with van der Waals surface area (Å²) in [6.45, 7) is -0.0457. The van der Waals surface area contributed by atoms with Crippen LogP contribution in [0.5, 0.6) is 11.5 Å². The molecule has 0 aromatic heterocycles. The Bertz CT molecular complexity index is 694. The number of hydrazone groups is 1. The molecule has 2 rings (SSSR count). The second-order valence-electron chi connectivity index (χ2n) is 4.23. The van der Waals surface area contributed by atoms with Crippen molar-refractivity contribution in [3.05, 3.63) is 53.8 Å². The molecule has 0 aliphatic carbocycles. The highest BCUT2D eigenvalue weighted by Gasteiger charge is 2.04. The van der Waals surface area contributed by atoms with Gasteiger partial charge in [-0.3, -0.25) is 5.43 Å². The molecule has 0 saturated carbocycles. The Labute approximate surface area is 127 Å². The number of methoxy groups -OCH3 is 1. The molecular weight excluding hydrogens is 285 g/mol. The summed E-state index contributed by atoms with van der Waals surface area (Å²) in [6, 6.07) is 13.0. The average Bonchev–Trinajstić information content (AvgIpc) is 2.55. The minimum absolute atomic E-state index is 0.0457. The zero-order valence-corrected chi connectivity index (χ0v) is 11.9. The molecule has 0 radical (unpaired) electrons. The van der Waals surface area contributed by atoms with Crippen molar-refractivity contribution in [3.63, 3.8) is 0 Å². The lowest BCUT2D eigenvalue weighted by Gasteiger charge is -2.08. The monoisotopic (exact) mass is 299 g/mol. The van der Waals surface area contributed by atoms with Gasteiger partial charge in [-0.2, -0.15) is 10.4 Å². The first-order chi connectivity index (χ1) is 10.7. The SMILES string of the molecule is COc1cc(/C=N\Nc2ccc(F)cc2)ccc1OCC#N. The first kappa shape index (κ1) is 15.3. The minimum Gasteiger partial charge on any atom is -0.493 e. The van der Waals surface area contributed by atoms with E-state index in [1.165, 1.54) is 19.2 Å². The Kier molecular flexibility index (Phi) is 5.32. The van der Waals surface area contributed by atoms with Crippen molar-refractivity contribution in [3.8, 4) is 17.6 Å². The van der Waals surface area contributed by atoms with Gasteiger partial charge in [0.15, 0.2) is 18.1 Å². The van der Waals surface area contributed by atoms with E-state index < -0.39 is 0 Å². The second-order valence-corrected chi connectivity index (χ2v) is 4.23. The molecule has 0 spiro atoms. The van der Waals surface area contributed by atoms with Crippen molar-refractivity contribution in [2.24, 2.45) is 5.10 Å². The van der Waals surface area contributed by atoms with Crippen LogP contribution in [-0.4, -0.2) is 19.9 Å². The van der Waals surface area contributed by atoms with Crippen molar-refractivity contribution < 1.29 is 13.9 Å². The second kappa shape index (κ2) is 7.64. The highest BCUT2D eigenvalue weighted by Crippen LogP contribution is 2.27. The van der Waals surface area contributed by atoms with Gasteiger partial charge >= 0.3 is 0 Å². The topological polar surface area (TPSA) is 66.6 Å². The van der Waals surface area contributed by atoms with Crippen LogP contribution in [-0.2, 0) is 0 Å². The molecule has 112 valence electrons. The standard InChI is InChI=1S/C16H14FN3O2/c1-21-16-10-12(2-7-15(16)22-9-8-18)11-19-20-14-5-3-13(17)4-6-14/h2-7,10-11,20H,9H2,1H3/b19-11-. The number of ether oxygens (including phenoxy) is 2. The number of nitrogens with zero attached hydrogens (tertiary/aromatic N) is 2. The fraction of sp³-hybridized carbons (Fsp3) is 0.125. The third-order valence-electron chi connectivity index (χ3n) is 2.73. The van der Waals surface area contributed by atoms with Crippen molar-refractivity contribution in [1.82, 2.24) is 0 Å². The van der Waals surface area contributed by atoms with Gasteiger partial charge in [0.1, 0.15) is 11.9 Å². The number of anilines is 1. The molecular formula is C16H14FN3O2. The summed E-state index contributed by atoms with van der Waals surface area (Å²) >= 11 is 0.